The van der Waals surface area contributed by atoms with E-state index in [4.69, 9.17) is 4.98 Å². The topological polar surface area (TPSA) is 45.2 Å². The van der Waals surface area contributed by atoms with E-state index in [9.17, 15) is 4.39 Å². The normalized spacial score (nSPS) is 23.5. The molecule has 24 heavy (non-hydrogen) atoms. The van der Waals surface area contributed by atoms with E-state index in [-0.39, 0.29) is 5.82 Å². The molecule has 0 amide bonds. The Hall–Kier alpha value is -2.12. The van der Waals surface area contributed by atoms with Crippen molar-refractivity contribution in [2.45, 2.75) is 25.0 Å². The lowest BCUT2D eigenvalue weighted by molar-refractivity contribution is 0.108. The summed E-state index contributed by atoms with van der Waals surface area (Å²) in [5.41, 5.74) is 1.92. The van der Waals surface area contributed by atoms with Gasteiger partial charge in [-0.25, -0.2) is 9.37 Å². The van der Waals surface area contributed by atoms with Crippen LogP contribution in [0.5, 0.6) is 0 Å². The Kier molecular flexibility index (Phi) is 3.24. The van der Waals surface area contributed by atoms with Gasteiger partial charge in [-0.3, -0.25) is 14.9 Å². The fraction of sp³-hybridized carbons (Fsp3) is 0.353. The highest BCUT2D eigenvalue weighted by Gasteiger charge is 2.45. The molecule has 6 heterocycles. The van der Waals surface area contributed by atoms with Crippen LogP contribution in [0.2, 0.25) is 0 Å². The van der Waals surface area contributed by atoms with Crippen molar-refractivity contribution in [1.82, 2.24) is 19.9 Å². The molecule has 3 fully saturated rings. The predicted octanol–water partition coefficient (Wildman–Crippen LogP) is 2.69. The summed E-state index contributed by atoms with van der Waals surface area (Å²) in [5.74, 6) is -0.264. The van der Waals surface area contributed by atoms with E-state index in [0.29, 0.717) is 12.1 Å². The Balaban J connectivity index is 1.32. The van der Waals surface area contributed by atoms with Gasteiger partial charge in [-0.1, -0.05) is 11.3 Å². The van der Waals surface area contributed by atoms with Crippen LogP contribution in [0.4, 0.5) is 9.52 Å². The largest absolute Gasteiger partial charge is 0.339 e. The number of hydrogen-bond acceptors (Lipinski definition) is 6. The molecule has 3 aromatic heterocycles. The molecular formula is C17H16FN5S. The predicted molar refractivity (Wildman–Crippen MR) is 91.6 cm³/mol. The van der Waals surface area contributed by atoms with Crippen LogP contribution in [0.25, 0.3) is 10.2 Å². The van der Waals surface area contributed by atoms with Crippen LogP contribution in [-0.4, -0.2) is 45.0 Å². The quantitative estimate of drug-likeness (QED) is 0.733. The van der Waals surface area contributed by atoms with Crippen LogP contribution in [0, 0.1) is 5.82 Å². The van der Waals surface area contributed by atoms with Gasteiger partial charge in [0.2, 0.25) is 0 Å². The average Bonchev–Trinajstić information content (AvgIpc) is 2.97. The lowest BCUT2D eigenvalue weighted by Crippen LogP contribution is -2.68. The summed E-state index contributed by atoms with van der Waals surface area (Å²) in [4.78, 5) is 17.7. The molecule has 0 saturated carbocycles. The molecule has 5 nitrogen and oxygen atoms in total. The van der Waals surface area contributed by atoms with Gasteiger partial charge < -0.3 is 4.90 Å². The lowest BCUT2D eigenvalue weighted by Gasteiger charge is -2.56. The third-order valence-corrected chi connectivity index (χ3v) is 5.89. The second-order valence-corrected chi connectivity index (χ2v) is 7.51. The fourth-order valence-electron chi connectivity index (χ4n) is 3.82. The number of anilines is 1. The molecule has 2 atom stereocenters. The molecular weight excluding hydrogens is 325 g/mol. The first-order valence-corrected chi connectivity index (χ1v) is 8.88. The minimum absolute atomic E-state index is 0.264. The van der Waals surface area contributed by atoms with Gasteiger partial charge in [0, 0.05) is 44.1 Å². The zero-order chi connectivity index (χ0) is 16.1. The molecule has 3 saturated heterocycles. The Morgan fingerprint density at radius 2 is 2.04 bits per heavy atom. The van der Waals surface area contributed by atoms with Crippen molar-refractivity contribution in [2.24, 2.45) is 0 Å². The molecule has 122 valence electrons. The number of hydrogen-bond donors (Lipinski definition) is 0. The van der Waals surface area contributed by atoms with Crippen molar-refractivity contribution >= 4 is 26.7 Å². The van der Waals surface area contributed by atoms with Crippen molar-refractivity contribution in [1.29, 1.82) is 0 Å². The van der Waals surface area contributed by atoms with Gasteiger partial charge in [0.15, 0.2) is 5.13 Å². The minimum atomic E-state index is -0.264. The molecule has 0 radical (unpaired) electrons. The Morgan fingerprint density at radius 3 is 2.83 bits per heavy atom. The van der Waals surface area contributed by atoms with E-state index in [1.807, 2.05) is 18.5 Å². The summed E-state index contributed by atoms with van der Waals surface area (Å²) in [6.45, 7) is 2.73. The summed E-state index contributed by atoms with van der Waals surface area (Å²) in [6, 6.07) is 4.60. The molecule has 7 heteroatoms. The van der Waals surface area contributed by atoms with E-state index in [0.717, 1.165) is 35.8 Å². The van der Waals surface area contributed by atoms with Crippen molar-refractivity contribution in [3.8, 4) is 0 Å². The number of pyridine rings is 2. The number of thiazole rings is 1. The van der Waals surface area contributed by atoms with Crippen molar-refractivity contribution < 1.29 is 4.39 Å². The molecule has 0 aromatic carbocycles. The minimum Gasteiger partial charge on any atom is -0.339 e. The van der Waals surface area contributed by atoms with Crippen LogP contribution < -0.4 is 4.90 Å². The maximum Gasteiger partial charge on any atom is 0.187 e. The monoisotopic (exact) mass is 341 g/mol. The standard InChI is InChI=1S/C17H16FN5S/c18-12-3-11(5-20-6-12)8-22-9-13-4-14(10-22)23(13)17-21-15-7-19-2-1-16(15)24-17/h1-3,5-7,13-14H,4,8-10H2. The van der Waals surface area contributed by atoms with Crippen molar-refractivity contribution in [3.05, 3.63) is 48.3 Å². The van der Waals surface area contributed by atoms with Crippen molar-refractivity contribution in [3.63, 3.8) is 0 Å². The number of fused-ring (bicyclic) bond motifs is 3. The SMILES string of the molecule is Fc1cncc(CN2CC3CC(C2)N3c2nc3cnccc3s2)c1. The first-order chi connectivity index (χ1) is 11.8. The first-order valence-electron chi connectivity index (χ1n) is 8.07. The average molecular weight is 341 g/mol. The summed E-state index contributed by atoms with van der Waals surface area (Å²) >= 11 is 1.74. The molecule has 3 aliphatic heterocycles. The van der Waals surface area contributed by atoms with E-state index in [1.165, 1.54) is 17.3 Å². The van der Waals surface area contributed by atoms with Gasteiger partial charge in [-0.15, -0.1) is 0 Å². The molecule has 0 aliphatic carbocycles. The van der Waals surface area contributed by atoms with Crippen molar-refractivity contribution in [2.75, 3.05) is 18.0 Å². The van der Waals surface area contributed by atoms with Crippen LogP contribution in [0.15, 0.2) is 36.9 Å². The lowest BCUT2D eigenvalue weighted by atomic mass is 9.88. The third kappa shape index (κ3) is 2.35. The smallest absolute Gasteiger partial charge is 0.187 e. The molecule has 0 spiro atoms. The number of nitrogens with zero attached hydrogens (tertiary/aromatic N) is 5. The van der Waals surface area contributed by atoms with Crippen LogP contribution in [-0.2, 0) is 6.54 Å². The van der Waals surface area contributed by atoms with Gasteiger partial charge in [-0.2, -0.15) is 0 Å². The zero-order valence-electron chi connectivity index (χ0n) is 13.0. The molecule has 3 aromatic rings. The maximum atomic E-state index is 13.3. The highest BCUT2D eigenvalue weighted by Crippen LogP contribution is 2.40. The van der Waals surface area contributed by atoms with Gasteiger partial charge in [0.1, 0.15) is 11.3 Å². The van der Waals surface area contributed by atoms with Gasteiger partial charge in [-0.05, 0) is 24.1 Å². The Morgan fingerprint density at radius 1 is 1.17 bits per heavy atom. The summed E-state index contributed by atoms with van der Waals surface area (Å²) in [6.07, 6.45) is 7.86. The molecule has 2 unspecified atom stereocenters. The fourth-order valence-corrected chi connectivity index (χ4v) is 4.89. The van der Waals surface area contributed by atoms with Crippen LogP contribution in [0.3, 0.4) is 0 Å². The number of rotatable bonds is 3. The molecule has 2 bridgehead atoms. The van der Waals surface area contributed by atoms with E-state index >= 15 is 0 Å². The Labute approximate surface area is 142 Å². The van der Waals surface area contributed by atoms with E-state index in [2.05, 4.69) is 19.8 Å². The van der Waals surface area contributed by atoms with Gasteiger partial charge in [0.05, 0.1) is 17.1 Å². The summed E-state index contributed by atoms with van der Waals surface area (Å²) in [5, 5.41) is 1.10. The van der Waals surface area contributed by atoms with E-state index in [1.54, 1.807) is 23.6 Å². The van der Waals surface area contributed by atoms with Crippen LogP contribution in [0.1, 0.15) is 12.0 Å². The van der Waals surface area contributed by atoms with Gasteiger partial charge in [0.25, 0.3) is 0 Å². The first kappa shape index (κ1) is 14.2. The highest BCUT2D eigenvalue weighted by atomic mass is 32.1. The second kappa shape index (κ2) is 5.46. The summed E-state index contributed by atoms with van der Waals surface area (Å²) < 4.78 is 14.5. The Bertz CT molecular complexity index is 852. The maximum absolute atomic E-state index is 13.3. The molecule has 3 aliphatic rings. The molecule has 6 rings (SSSR count). The van der Waals surface area contributed by atoms with E-state index < -0.39 is 0 Å². The highest BCUT2D eigenvalue weighted by molar-refractivity contribution is 7.22. The number of piperidine rings is 1. The third-order valence-electron chi connectivity index (χ3n) is 4.84. The number of aromatic nitrogens is 3. The molecule has 0 N–H and O–H groups in total. The second-order valence-electron chi connectivity index (χ2n) is 6.50. The summed E-state index contributed by atoms with van der Waals surface area (Å²) in [7, 11) is 0. The van der Waals surface area contributed by atoms with Crippen LogP contribution >= 0.6 is 11.3 Å². The number of halogens is 1. The zero-order valence-corrected chi connectivity index (χ0v) is 13.8. The number of piperazine rings is 1. The van der Waals surface area contributed by atoms with Gasteiger partial charge >= 0.3 is 0 Å².